The second-order valence-corrected chi connectivity index (χ2v) is 11.0. The van der Waals surface area contributed by atoms with Gasteiger partial charge >= 0.3 is 5.97 Å². The number of aromatic nitrogens is 3. The monoisotopic (exact) mass is 516 g/mol. The first-order valence-electron chi connectivity index (χ1n) is 12.8. The smallest absolute Gasteiger partial charge is 0.304 e. The van der Waals surface area contributed by atoms with Gasteiger partial charge in [-0.2, -0.15) is 0 Å². The van der Waals surface area contributed by atoms with Crippen molar-refractivity contribution in [3.05, 3.63) is 87.7 Å². The van der Waals surface area contributed by atoms with Gasteiger partial charge in [0.2, 0.25) is 0 Å². The average molecular weight is 517 g/mol. The molecule has 0 fully saturated rings. The third-order valence-electron chi connectivity index (χ3n) is 7.42. The Labute approximate surface area is 221 Å². The Morgan fingerprint density at radius 2 is 1.95 bits per heavy atom. The zero-order valence-corrected chi connectivity index (χ0v) is 22.5. The number of benzene rings is 3. The van der Waals surface area contributed by atoms with Crippen molar-refractivity contribution in [1.82, 2.24) is 19.9 Å². The fourth-order valence-corrected chi connectivity index (χ4v) is 5.56. The summed E-state index contributed by atoms with van der Waals surface area (Å²) < 4.78 is 21.8. The normalized spacial score (nSPS) is 16.1. The number of aliphatic carboxylic acids is 1. The highest BCUT2D eigenvalue weighted by Crippen LogP contribution is 2.35. The molecule has 1 N–H and O–H groups in total. The van der Waals surface area contributed by atoms with Crippen LogP contribution in [0.4, 0.5) is 4.39 Å². The minimum Gasteiger partial charge on any atom is -0.486 e. The number of halogens is 1. The fraction of sp³-hybridized carbons (Fsp3) is 0.367. The van der Waals surface area contributed by atoms with Crippen LogP contribution in [0.15, 0.2) is 48.5 Å². The highest BCUT2D eigenvalue weighted by atomic mass is 19.1. The standard InChI is InChI=1S/C30H33FN4O3/c1-18-6-7-20(25(14-28(36)37)24-10-11-26-29(19(24)2)32-33-34(26)5)12-22(18)16-35-15-21-8-9-23(31)13-27(21)38-30(3,4)17-35/h6-13,25H,14-17H2,1-5H3,(H,36,37)/t25-/m0/s1. The summed E-state index contributed by atoms with van der Waals surface area (Å²) in [6.07, 6.45) is -0.0291. The number of fused-ring (bicyclic) bond motifs is 2. The van der Waals surface area contributed by atoms with Crippen molar-refractivity contribution in [2.75, 3.05) is 6.54 Å². The Balaban J connectivity index is 1.50. The fourth-order valence-electron chi connectivity index (χ4n) is 5.56. The highest BCUT2D eigenvalue weighted by Gasteiger charge is 2.30. The molecule has 0 saturated carbocycles. The molecule has 7 nitrogen and oxygen atoms in total. The summed E-state index contributed by atoms with van der Waals surface area (Å²) in [4.78, 5) is 14.3. The van der Waals surface area contributed by atoms with Crippen LogP contribution in [0.2, 0.25) is 0 Å². The van der Waals surface area contributed by atoms with Crippen LogP contribution < -0.4 is 4.74 Å². The summed E-state index contributed by atoms with van der Waals surface area (Å²) in [5.74, 6) is -0.910. The number of nitrogens with zero attached hydrogens (tertiary/aromatic N) is 4. The molecule has 3 aromatic carbocycles. The molecule has 0 amide bonds. The van der Waals surface area contributed by atoms with Crippen molar-refractivity contribution < 1.29 is 19.0 Å². The minimum atomic E-state index is -0.856. The van der Waals surface area contributed by atoms with Gasteiger partial charge in [0.05, 0.1) is 11.9 Å². The number of hydrogen-bond donors (Lipinski definition) is 1. The van der Waals surface area contributed by atoms with Crippen molar-refractivity contribution in [3.63, 3.8) is 0 Å². The van der Waals surface area contributed by atoms with Gasteiger partial charge in [0.25, 0.3) is 0 Å². The van der Waals surface area contributed by atoms with E-state index in [4.69, 9.17) is 4.74 Å². The number of carboxylic acid groups (broad SMARTS) is 1. The number of hydrogen-bond acceptors (Lipinski definition) is 5. The van der Waals surface area contributed by atoms with E-state index in [-0.39, 0.29) is 18.2 Å². The van der Waals surface area contributed by atoms with Gasteiger partial charge in [0, 0.05) is 44.2 Å². The maximum absolute atomic E-state index is 13.9. The molecule has 0 unspecified atom stereocenters. The molecule has 2 heterocycles. The predicted octanol–water partition coefficient (Wildman–Crippen LogP) is 5.50. The molecule has 4 aromatic rings. The maximum atomic E-state index is 13.9. The molecule has 8 heteroatoms. The lowest BCUT2D eigenvalue weighted by molar-refractivity contribution is -0.137. The number of aryl methyl sites for hydroxylation is 3. The highest BCUT2D eigenvalue weighted by molar-refractivity contribution is 5.80. The third-order valence-corrected chi connectivity index (χ3v) is 7.42. The van der Waals surface area contributed by atoms with Crippen molar-refractivity contribution in [2.24, 2.45) is 7.05 Å². The number of carboxylic acids is 1. The first kappa shape index (κ1) is 25.9. The van der Waals surface area contributed by atoms with Crippen LogP contribution in [0.5, 0.6) is 5.75 Å². The van der Waals surface area contributed by atoms with Gasteiger partial charge in [-0.05, 0) is 67.6 Å². The maximum Gasteiger partial charge on any atom is 0.304 e. The van der Waals surface area contributed by atoms with Crippen molar-refractivity contribution in [2.45, 2.75) is 58.7 Å². The first-order valence-corrected chi connectivity index (χ1v) is 12.8. The molecular formula is C30H33FN4O3. The molecule has 1 aliphatic rings. The molecular weight excluding hydrogens is 483 g/mol. The van der Waals surface area contributed by atoms with Crippen molar-refractivity contribution in [1.29, 1.82) is 0 Å². The molecule has 1 aliphatic heterocycles. The molecule has 0 bridgehead atoms. The van der Waals surface area contributed by atoms with Crippen LogP contribution in [0.3, 0.4) is 0 Å². The Hall–Kier alpha value is -3.78. The van der Waals surface area contributed by atoms with Crippen LogP contribution in [0.25, 0.3) is 11.0 Å². The van der Waals surface area contributed by atoms with Gasteiger partial charge in [0.1, 0.15) is 22.7 Å². The van der Waals surface area contributed by atoms with Gasteiger partial charge in [-0.3, -0.25) is 9.69 Å². The average Bonchev–Trinajstić information content (AvgIpc) is 3.16. The zero-order chi connectivity index (χ0) is 27.2. The summed E-state index contributed by atoms with van der Waals surface area (Å²) in [5.41, 5.74) is 7.23. The third kappa shape index (κ3) is 5.13. The van der Waals surface area contributed by atoms with E-state index in [0.29, 0.717) is 25.4 Å². The lowest BCUT2D eigenvalue weighted by atomic mass is 9.84. The number of ether oxygens (including phenoxy) is 1. The summed E-state index contributed by atoms with van der Waals surface area (Å²) in [5, 5.41) is 18.3. The van der Waals surface area contributed by atoms with Gasteiger partial charge < -0.3 is 9.84 Å². The minimum absolute atomic E-state index is 0.0291. The molecule has 0 saturated heterocycles. The van der Waals surface area contributed by atoms with Crippen LogP contribution in [0, 0.1) is 19.7 Å². The van der Waals surface area contributed by atoms with Gasteiger partial charge in [-0.25, -0.2) is 9.07 Å². The Bertz CT molecular complexity index is 1530. The van der Waals surface area contributed by atoms with Crippen LogP contribution in [0.1, 0.15) is 59.6 Å². The molecule has 0 spiro atoms. The van der Waals surface area contributed by atoms with Gasteiger partial charge in [-0.1, -0.05) is 35.5 Å². The lowest BCUT2D eigenvalue weighted by Crippen LogP contribution is -2.40. The van der Waals surface area contributed by atoms with Gasteiger partial charge in [0.15, 0.2) is 0 Å². The van der Waals surface area contributed by atoms with E-state index in [0.717, 1.165) is 44.4 Å². The van der Waals surface area contributed by atoms with Crippen molar-refractivity contribution >= 4 is 17.0 Å². The molecule has 1 atom stereocenters. The van der Waals surface area contributed by atoms with Crippen LogP contribution >= 0.6 is 0 Å². The van der Waals surface area contributed by atoms with E-state index in [2.05, 4.69) is 34.3 Å². The van der Waals surface area contributed by atoms with E-state index in [9.17, 15) is 14.3 Å². The Kier molecular flexibility index (Phi) is 6.69. The topological polar surface area (TPSA) is 80.5 Å². The van der Waals surface area contributed by atoms with E-state index in [1.807, 2.05) is 46.0 Å². The lowest BCUT2D eigenvalue weighted by Gasteiger charge is -2.30. The molecule has 38 heavy (non-hydrogen) atoms. The van der Waals surface area contributed by atoms with E-state index < -0.39 is 11.6 Å². The van der Waals surface area contributed by atoms with Crippen molar-refractivity contribution in [3.8, 4) is 5.75 Å². The van der Waals surface area contributed by atoms with E-state index in [1.165, 1.54) is 12.1 Å². The SMILES string of the molecule is Cc1ccc([C@H](CC(=O)O)c2ccc3c(nnn3C)c2C)cc1CN1Cc2ccc(F)cc2OC(C)(C)C1. The first-order chi connectivity index (χ1) is 18.0. The largest absolute Gasteiger partial charge is 0.486 e. The molecule has 0 radical (unpaired) electrons. The van der Waals surface area contributed by atoms with E-state index >= 15 is 0 Å². The second kappa shape index (κ2) is 9.83. The zero-order valence-electron chi connectivity index (χ0n) is 22.5. The van der Waals surface area contributed by atoms with Crippen LogP contribution in [-0.2, 0) is 24.9 Å². The number of carbonyl (C=O) groups is 1. The Morgan fingerprint density at radius 1 is 1.16 bits per heavy atom. The van der Waals surface area contributed by atoms with Gasteiger partial charge in [-0.15, -0.1) is 5.10 Å². The predicted molar refractivity (Wildman–Crippen MR) is 144 cm³/mol. The quantitative estimate of drug-likeness (QED) is 0.364. The van der Waals surface area contributed by atoms with E-state index in [1.54, 1.807) is 10.7 Å². The second-order valence-electron chi connectivity index (χ2n) is 11.0. The molecule has 1 aromatic heterocycles. The summed E-state index contributed by atoms with van der Waals surface area (Å²) in [7, 11) is 1.85. The summed E-state index contributed by atoms with van der Waals surface area (Å²) >= 11 is 0. The Morgan fingerprint density at radius 3 is 2.71 bits per heavy atom. The number of rotatable bonds is 6. The summed E-state index contributed by atoms with van der Waals surface area (Å²) in [6.45, 7) is 10.0. The summed E-state index contributed by atoms with van der Waals surface area (Å²) in [6, 6.07) is 14.9. The van der Waals surface area contributed by atoms with Crippen LogP contribution in [-0.4, -0.2) is 43.1 Å². The molecule has 5 rings (SSSR count). The molecule has 198 valence electrons. The molecule has 0 aliphatic carbocycles.